The van der Waals surface area contributed by atoms with Crippen molar-refractivity contribution in [2.45, 2.75) is 12.8 Å². The molecule has 260 valence electrons. The van der Waals surface area contributed by atoms with Crippen LogP contribution >= 0.6 is 0 Å². The van der Waals surface area contributed by atoms with E-state index in [-0.39, 0.29) is 76.8 Å². The highest BCUT2D eigenvalue weighted by molar-refractivity contribution is 6.24. The van der Waals surface area contributed by atoms with Crippen LogP contribution in [0.15, 0.2) is 121 Å². The Bertz CT molecular complexity index is 2260. The molecule has 4 fully saturated rings. The van der Waals surface area contributed by atoms with Gasteiger partial charge in [0.05, 0.1) is 40.6 Å². The molecule has 4 aliphatic carbocycles. The minimum atomic E-state index is -0.566. The molecule has 8 unspecified atom stereocenters. The lowest BCUT2D eigenvalue weighted by Crippen LogP contribution is -2.32. The molecule has 0 radical (unpaired) electrons. The molecule has 4 amide bonds. The van der Waals surface area contributed by atoms with Gasteiger partial charge in [-0.3, -0.25) is 33.8 Å². The van der Waals surface area contributed by atoms with Gasteiger partial charge in [-0.1, -0.05) is 60.7 Å². The Morgan fingerprint density at radius 1 is 0.453 bits per heavy atom. The number of carbonyl (C=O) groups is 6. The first-order chi connectivity index (χ1) is 25.7. The van der Waals surface area contributed by atoms with Crippen molar-refractivity contribution < 1.29 is 33.5 Å². The van der Waals surface area contributed by atoms with Crippen LogP contribution in [0.1, 0.15) is 39.1 Å². The van der Waals surface area contributed by atoms with Crippen molar-refractivity contribution in [3.05, 3.63) is 138 Å². The zero-order chi connectivity index (χ0) is 36.1. The molecule has 6 aliphatic rings. The topological polar surface area (TPSA) is 118 Å². The van der Waals surface area contributed by atoms with Gasteiger partial charge >= 0.3 is 5.97 Å². The van der Waals surface area contributed by atoms with E-state index >= 15 is 0 Å². The smallest absolute Gasteiger partial charge is 0.343 e. The van der Waals surface area contributed by atoms with Gasteiger partial charge in [-0.25, -0.2) is 4.79 Å². The van der Waals surface area contributed by atoms with E-state index in [1.807, 2.05) is 24.3 Å². The van der Waals surface area contributed by atoms with Crippen molar-refractivity contribution in [1.82, 2.24) is 0 Å². The largest absolute Gasteiger partial charge is 0.423 e. The first-order valence-electron chi connectivity index (χ1n) is 18.0. The van der Waals surface area contributed by atoms with Crippen molar-refractivity contribution in [2.24, 2.45) is 47.3 Å². The summed E-state index contributed by atoms with van der Waals surface area (Å²) in [6.45, 7) is 0. The minimum Gasteiger partial charge on any atom is -0.423 e. The zero-order valence-electron chi connectivity index (χ0n) is 28.3. The number of esters is 1. The minimum absolute atomic E-state index is 0.128. The van der Waals surface area contributed by atoms with E-state index in [4.69, 9.17) is 4.74 Å². The van der Waals surface area contributed by atoms with Crippen LogP contribution in [0.25, 0.3) is 11.1 Å². The van der Waals surface area contributed by atoms with Crippen LogP contribution < -0.4 is 14.5 Å². The monoisotopic (exact) mass is 700 g/mol. The van der Waals surface area contributed by atoms with Crippen LogP contribution in [-0.4, -0.2) is 35.4 Å². The molecular formula is C44H32N2O7. The van der Waals surface area contributed by atoms with Crippen LogP contribution in [0.5, 0.6) is 5.75 Å². The third-order valence-corrected chi connectivity index (χ3v) is 12.2. The molecule has 2 heterocycles. The van der Waals surface area contributed by atoms with Gasteiger partial charge in [0.1, 0.15) is 5.75 Å². The molecule has 2 saturated carbocycles. The van der Waals surface area contributed by atoms with Crippen LogP contribution in [-0.2, 0) is 19.2 Å². The number of anilines is 2. The molecule has 10 rings (SSSR count). The molecule has 2 saturated heterocycles. The molecule has 0 spiro atoms. The standard InChI is InChI=1S/C44H32N2O7/c47-39(26-9-15-32(16-10-26)45-40(48)35-28-5-6-29(21-28)36(35)41(45)49)25-3-1-23(2-4-25)24-13-19-34(20-14-24)53-44(52)27-11-17-33(18-12-27)46-42(50)37-30-7-8-31(22-30)38(37)43(46)51/h1-20,28-31,35-38H,21-22H2. The van der Waals surface area contributed by atoms with Crippen molar-refractivity contribution in [3.8, 4) is 16.9 Å². The second kappa shape index (κ2) is 11.6. The molecule has 2 aliphatic heterocycles. The molecule has 4 bridgehead atoms. The number of benzene rings is 4. The van der Waals surface area contributed by atoms with E-state index in [0.29, 0.717) is 33.8 Å². The molecule has 4 aromatic rings. The maximum atomic E-state index is 13.3. The van der Waals surface area contributed by atoms with Gasteiger partial charge in [0.2, 0.25) is 23.6 Å². The molecule has 9 nitrogen and oxygen atoms in total. The fourth-order valence-electron chi connectivity index (χ4n) is 9.68. The maximum Gasteiger partial charge on any atom is 0.343 e. The third kappa shape index (κ3) is 4.76. The van der Waals surface area contributed by atoms with Crippen molar-refractivity contribution in [1.29, 1.82) is 0 Å². The summed E-state index contributed by atoms with van der Waals surface area (Å²) in [5.41, 5.74) is 3.91. The van der Waals surface area contributed by atoms with Gasteiger partial charge in [0.15, 0.2) is 5.78 Å². The lowest BCUT2D eigenvalue weighted by atomic mass is 9.85. The maximum absolute atomic E-state index is 13.3. The number of amides is 4. The van der Waals surface area contributed by atoms with Gasteiger partial charge in [-0.15, -0.1) is 0 Å². The molecule has 9 heteroatoms. The Labute approximate surface area is 304 Å². The fourth-order valence-corrected chi connectivity index (χ4v) is 9.68. The quantitative estimate of drug-likeness (QED) is 0.0718. The Balaban J connectivity index is 0.767. The molecule has 4 aromatic carbocycles. The number of nitrogens with zero attached hydrogens (tertiary/aromatic N) is 2. The van der Waals surface area contributed by atoms with Crippen molar-refractivity contribution >= 4 is 46.8 Å². The molecule has 8 atom stereocenters. The Hall–Kier alpha value is -6.22. The number of imide groups is 2. The summed E-state index contributed by atoms with van der Waals surface area (Å²) >= 11 is 0. The molecule has 0 aromatic heterocycles. The van der Waals surface area contributed by atoms with Crippen molar-refractivity contribution in [3.63, 3.8) is 0 Å². The number of fused-ring (bicyclic) bond motifs is 10. The first-order valence-corrected chi connectivity index (χ1v) is 18.0. The summed E-state index contributed by atoms with van der Waals surface area (Å²) in [7, 11) is 0. The molecule has 53 heavy (non-hydrogen) atoms. The molecular weight excluding hydrogens is 668 g/mol. The summed E-state index contributed by atoms with van der Waals surface area (Å²) < 4.78 is 5.60. The SMILES string of the molecule is O=C(Oc1ccc(-c2ccc(C(=O)c3ccc(N4C(=O)C5C6C=CC(C6)C5C4=O)cc3)cc2)cc1)c1ccc(N2C(=O)C3C4C=CC(C4)C3C2=O)cc1. The number of hydrogen-bond acceptors (Lipinski definition) is 7. The summed E-state index contributed by atoms with van der Waals surface area (Å²) in [6, 6.07) is 27.2. The Morgan fingerprint density at radius 3 is 1.19 bits per heavy atom. The van der Waals surface area contributed by atoms with Crippen molar-refractivity contribution in [2.75, 3.05) is 9.80 Å². The lowest BCUT2D eigenvalue weighted by Gasteiger charge is -2.17. The number of carbonyl (C=O) groups excluding carboxylic acids is 6. The number of hydrogen-bond donors (Lipinski definition) is 0. The summed E-state index contributed by atoms with van der Waals surface area (Å²) in [6.07, 6.45) is 9.99. The van der Waals surface area contributed by atoms with E-state index in [1.165, 1.54) is 9.80 Å². The highest BCUT2D eigenvalue weighted by Crippen LogP contribution is 2.54. The van der Waals surface area contributed by atoms with E-state index in [1.54, 1.807) is 72.8 Å². The fraction of sp³-hybridized carbons (Fsp3) is 0.227. The van der Waals surface area contributed by atoms with E-state index in [9.17, 15) is 28.8 Å². The predicted octanol–water partition coefficient (Wildman–Crippen LogP) is 6.43. The van der Waals surface area contributed by atoms with Gasteiger partial charge in [-0.05, 0) is 108 Å². The second-order valence-corrected chi connectivity index (χ2v) is 14.9. The highest BCUT2D eigenvalue weighted by atomic mass is 16.5. The average molecular weight is 701 g/mol. The van der Waals surface area contributed by atoms with Gasteiger partial charge in [0, 0.05) is 11.1 Å². The number of rotatable bonds is 7. The molecule has 0 N–H and O–H groups in total. The number of ether oxygens (including phenoxy) is 1. The normalized spacial score (nSPS) is 28.7. The van der Waals surface area contributed by atoms with Crippen LogP contribution in [0, 0.1) is 47.3 Å². The van der Waals surface area contributed by atoms with Crippen LogP contribution in [0.4, 0.5) is 11.4 Å². The third-order valence-electron chi connectivity index (χ3n) is 12.2. The average Bonchev–Trinajstić information content (AvgIpc) is 4.05. The lowest BCUT2D eigenvalue weighted by molar-refractivity contribution is -0.124. The van der Waals surface area contributed by atoms with Crippen LogP contribution in [0.3, 0.4) is 0 Å². The zero-order valence-corrected chi connectivity index (χ0v) is 28.3. The van der Waals surface area contributed by atoms with Crippen LogP contribution in [0.2, 0.25) is 0 Å². The van der Waals surface area contributed by atoms with Gasteiger partial charge in [0.25, 0.3) is 0 Å². The highest BCUT2D eigenvalue weighted by Gasteiger charge is 2.60. The number of allylic oxidation sites excluding steroid dienone is 4. The summed E-state index contributed by atoms with van der Waals surface area (Å²) in [5.74, 6) is -1.61. The summed E-state index contributed by atoms with van der Waals surface area (Å²) in [4.78, 5) is 81.4. The van der Waals surface area contributed by atoms with E-state index in [0.717, 1.165) is 24.0 Å². The Kier molecular flexibility index (Phi) is 6.92. The number of ketones is 1. The second-order valence-electron chi connectivity index (χ2n) is 14.9. The Morgan fingerprint density at radius 2 is 0.792 bits per heavy atom. The first kappa shape index (κ1) is 31.5. The van der Waals surface area contributed by atoms with Gasteiger partial charge < -0.3 is 4.74 Å². The predicted molar refractivity (Wildman–Crippen MR) is 194 cm³/mol. The summed E-state index contributed by atoms with van der Waals surface area (Å²) in [5, 5.41) is 0. The van der Waals surface area contributed by atoms with Gasteiger partial charge in [-0.2, -0.15) is 0 Å². The van der Waals surface area contributed by atoms with E-state index < -0.39 is 5.97 Å². The van der Waals surface area contributed by atoms with E-state index in [2.05, 4.69) is 24.3 Å².